The van der Waals surface area contributed by atoms with Gasteiger partial charge in [0.05, 0.1) is 10.8 Å². The van der Waals surface area contributed by atoms with Crippen LogP contribution in [0.2, 0.25) is 0 Å². The molecule has 2 N–H and O–H groups in total. The lowest BCUT2D eigenvalue weighted by molar-refractivity contribution is -0.00768. The molecule has 0 aliphatic rings. The summed E-state index contributed by atoms with van der Waals surface area (Å²) in [7, 11) is -4.73. The van der Waals surface area contributed by atoms with Crippen LogP contribution in [0.4, 0.5) is 0 Å². The fourth-order valence-electron chi connectivity index (χ4n) is 2.07. The maximum Gasteiger partial charge on any atom is 0.470 e. The van der Waals surface area contributed by atoms with Gasteiger partial charge in [0.1, 0.15) is 5.60 Å². The highest BCUT2D eigenvalue weighted by Gasteiger charge is 2.48. The zero-order chi connectivity index (χ0) is 16.5. The summed E-state index contributed by atoms with van der Waals surface area (Å²) in [6.07, 6.45) is 1.83. The molecule has 0 saturated carbocycles. The third-order valence-electron chi connectivity index (χ3n) is 3.13. The summed E-state index contributed by atoms with van der Waals surface area (Å²) in [6, 6.07) is 0. The Hall–Kier alpha value is 0.940. The molecule has 0 aromatic carbocycles. The molecule has 0 fully saturated rings. The molecule has 0 aromatic rings. The van der Waals surface area contributed by atoms with Gasteiger partial charge in [-0.15, -0.1) is 34.8 Å². The second-order valence-electron chi connectivity index (χ2n) is 4.69. The van der Waals surface area contributed by atoms with Crippen LogP contribution in [0.15, 0.2) is 0 Å². The van der Waals surface area contributed by atoms with E-state index in [1.807, 2.05) is 13.8 Å². The third kappa shape index (κ3) is 7.85. The van der Waals surface area contributed by atoms with E-state index in [4.69, 9.17) is 44.1 Å². The number of halogens is 3. The molecule has 0 heterocycles. The van der Waals surface area contributed by atoms with Crippen LogP contribution in [-0.2, 0) is 13.8 Å². The van der Waals surface area contributed by atoms with Crippen molar-refractivity contribution in [3.8, 4) is 0 Å². The van der Waals surface area contributed by atoms with Gasteiger partial charge in [0.2, 0.25) is 0 Å². The molecule has 0 rings (SSSR count). The molecule has 0 aliphatic heterocycles. The fraction of sp³-hybridized carbons (Fsp3) is 1.00. The van der Waals surface area contributed by atoms with Gasteiger partial charge in [-0.2, -0.15) is 0 Å². The van der Waals surface area contributed by atoms with Crippen LogP contribution in [0.1, 0.15) is 39.5 Å². The van der Waals surface area contributed by atoms with Gasteiger partial charge in [0.15, 0.2) is 0 Å². The average molecular weight is 386 g/mol. The first-order chi connectivity index (χ1) is 9.73. The lowest BCUT2D eigenvalue weighted by Crippen LogP contribution is -2.49. The Morgan fingerprint density at radius 2 is 1.67 bits per heavy atom. The summed E-state index contributed by atoms with van der Waals surface area (Å²) in [4.78, 5) is 18.4. The summed E-state index contributed by atoms with van der Waals surface area (Å²) in [5, 5.41) is -1.27. The molecule has 9 heteroatoms. The fourth-order valence-corrected chi connectivity index (χ4v) is 3.77. The minimum absolute atomic E-state index is 0.199. The Labute approximate surface area is 141 Å². The summed E-state index contributed by atoms with van der Waals surface area (Å²) in [6.45, 7) is 4.32. The van der Waals surface area contributed by atoms with Crippen LogP contribution < -0.4 is 0 Å². The number of hydrogen-bond acceptors (Lipinski definition) is 3. The lowest BCUT2D eigenvalue weighted by atomic mass is 9.88. The standard InChI is InChI=1S/C12H24Cl3O5P/c1-3-10(14)12(11(15)4-2,20-21(16,17)18)6-9-19-8-5-7-13/h10-11H,3-9H2,1-2H3,(H2,16,17,18). The number of hydrogen-bond donors (Lipinski definition) is 2. The Morgan fingerprint density at radius 3 is 2.05 bits per heavy atom. The molecule has 0 spiro atoms. The molecule has 128 valence electrons. The van der Waals surface area contributed by atoms with E-state index in [0.29, 0.717) is 31.7 Å². The molecule has 0 amide bonds. The molecule has 0 aromatic heterocycles. The summed E-state index contributed by atoms with van der Waals surface area (Å²) in [5.74, 6) is 0.490. The first-order valence-corrected chi connectivity index (χ1v) is 9.85. The van der Waals surface area contributed by atoms with E-state index in [0.717, 1.165) is 0 Å². The van der Waals surface area contributed by atoms with Crippen LogP contribution in [0.3, 0.4) is 0 Å². The molecule has 0 saturated heterocycles. The molecular weight excluding hydrogens is 361 g/mol. The van der Waals surface area contributed by atoms with E-state index < -0.39 is 24.2 Å². The predicted octanol–water partition coefficient (Wildman–Crippen LogP) is 3.90. The van der Waals surface area contributed by atoms with Crippen molar-refractivity contribution < 1.29 is 23.6 Å². The third-order valence-corrected chi connectivity index (χ3v) is 5.33. The van der Waals surface area contributed by atoms with Gasteiger partial charge in [-0.3, -0.25) is 4.52 Å². The van der Waals surface area contributed by atoms with Gasteiger partial charge in [-0.25, -0.2) is 4.57 Å². The van der Waals surface area contributed by atoms with Gasteiger partial charge >= 0.3 is 7.82 Å². The number of phosphoric ester groups is 1. The normalized spacial score (nSPS) is 18.2. The number of rotatable bonds is 12. The monoisotopic (exact) mass is 384 g/mol. The maximum atomic E-state index is 11.3. The van der Waals surface area contributed by atoms with Gasteiger partial charge in [0, 0.05) is 25.5 Å². The molecule has 21 heavy (non-hydrogen) atoms. The van der Waals surface area contributed by atoms with Crippen molar-refractivity contribution in [3.05, 3.63) is 0 Å². The lowest BCUT2D eigenvalue weighted by Gasteiger charge is -2.40. The van der Waals surface area contributed by atoms with Crippen molar-refractivity contribution in [1.82, 2.24) is 0 Å². The van der Waals surface area contributed by atoms with Gasteiger partial charge in [-0.05, 0) is 19.3 Å². The van der Waals surface area contributed by atoms with Crippen LogP contribution >= 0.6 is 42.6 Å². The summed E-state index contributed by atoms with van der Waals surface area (Å²) in [5.41, 5.74) is -1.34. The molecule has 5 nitrogen and oxygen atoms in total. The topological polar surface area (TPSA) is 76.0 Å². The van der Waals surface area contributed by atoms with E-state index in [1.54, 1.807) is 0 Å². The van der Waals surface area contributed by atoms with Crippen molar-refractivity contribution in [2.45, 2.75) is 55.9 Å². The summed E-state index contributed by atoms with van der Waals surface area (Å²) >= 11 is 18.1. The highest BCUT2D eigenvalue weighted by Crippen LogP contribution is 2.49. The van der Waals surface area contributed by atoms with Crippen molar-refractivity contribution in [2.75, 3.05) is 19.1 Å². The summed E-state index contributed by atoms with van der Waals surface area (Å²) < 4.78 is 21.8. The SMILES string of the molecule is CCC(Cl)C(CCOCCCCl)(OP(=O)(O)O)C(Cl)CC. The quantitative estimate of drug-likeness (QED) is 0.303. The predicted molar refractivity (Wildman–Crippen MR) is 86.5 cm³/mol. The zero-order valence-electron chi connectivity index (χ0n) is 12.3. The van der Waals surface area contributed by atoms with Crippen molar-refractivity contribution in [1.29, 1.82) is 0 Å². The second kappa shape index (κ2) is 10.7. The average Bonchev–Trinajstić information content (AvgIpc) is 2.42. The molecule has 2 atom stereocenters. The minimum Gasteiger partial charge on any atom is -0.381 e. The van der Waals surface area contributed by atoms with Crippen LogP contribution in [0.25, 0.3) is 0 Å². The largest absolute Gasteiger partial charge is 0.470 e. The van der Waals surface area contributed by atoms with E-state index in [1.165, 1.54) is 0 Å². The van der Waals surface area contributed by atoms with E-state index in [2.05, 4.69) is 0 Å². The van der Waals surface area contributed by atoms with Crippen LogP contribution in [0.5, 0.6) is 0 Å². The van der Waals surface area contributed by atoms with Crippen molar-refractivity contribution >= 4 is 42.6 Å². The highest BCUT2D eigenvalue weighted by molar-refractivity contribution is 7.46. The van der Waals surface area contributed by atoms with Gasteiger partial charge in [0.25, 0.3) is 0 Å². The van der Waals surface area contributed by atoms with Crippen molar-refractivity contribution in [3.63, 3.8) is 0 Å². The smallest absolute Gasteiger partial charge is 0.381 e. The van der Waals surface area contributed by atoms with E-state index >= 15 is 0 Å². The van der Waals surface area contributed by atoms with Crippen molar-refractivity contribution in [2.24, 2.45) is 0 Å². The molecule has 0 bridgehead atoms. The van der Waals surface area contributed by atoms with E-state index in [-0.39, 0.29) is 13.0 Å². The first kappa shape index (κ1) is 21.9. The Balaban J connectivity index is 5.04. The Kier molecular flexibility index (Phi) is 11.1. The molecule has 2 unspecified atom stereocenters. The minimum atomic E-state index is -4.73. The van der Waals surface area contributed by atoms with E-state index in [9.17, 15) is 14.4 Å². The number of phosphoric acid groups is 1. The zero-order valence-corrected chi connectivity index (χ0v) is 15.5. The second-order valence-corrected chi connectivity index (χ2v) is 7.29. The number of ether oxygens (including phenoxy) is 1. The first-order valence-electron chi connectivity index (χ1n) is 6.91. The molecule has 0 radical (unpaired) electrons. The van der Waals surface area contributed by atoms with Crippen LogP contribution in [0, 0.1) is 0 Å². The van der Waals surface area contributed by atoms with Gasteiger partial charge < -0.3 is 14.5 Å². The molecular formula is C12H24Cl3O5P. The van der Waals surface area contributed by atoms with Gasteiger partial charge in [-0.1, -0.05) is 13.8 Å². The number of alkyl halides is 3. The Bertz CT molecular complexity index is 316. The molecule has 0 aliphatic carbocycles. The Morgan fingerprint density at radius 1 is 1.14 bits per heavy atom. The van der Waals surface area contributed by atoms with Crippen LogP contribution in [-0.4, -0.2) is 45.2 Å². The maximum absolute atomic E-state index is 11.3. The highest BCUT2D eigenvalue weighted by atomic mass is 35.5.